The zero-order valence-corrected chi connectivity index (χ0v) is 15.9. The highest BCUT2D eigenvalue weighted by molar-refractivity contribution is 9.13. The summed E-state index contributed by atoms with van der Waals surface area (Å²) in [4.78, 5) is 12.8. The molecule has 1 aromatic heterocycles. The fraction of sp³-hybridized carbons (Fsp3) is 0.583. The Morgan fingerprint density at radius 2 is 2.00 bits per heavy atom. The molecule has 0 saturated heterocycles. The molecule has 0 fully saturated rings. The molecule has 0 aliphatic carbocycles. The molecule has 6 heteroatoms. The van der Waals surface area contributed by atoms with Crippen LogP contribution < -0.4 is 5.32 Å². The van der Waals surface area contributed by atoms with Crippen LogP contribution in [0.5, 0.6) is 0 Å². The van der Waals surface area contributed by atoms with E-state index < -0.39 is 0 Å². The number of thiophene rings is 1. The van der Waals surface area contributed by atoms with Crippen molar-refractivity contribution in [2.75, 3.05) is 11.9 Å². The van der Waals surface area contributed by atoms with Crippen molar-refractivity contribution in [3.63, 3.8) is 0 Å². The normalized spacial score (nSPS) is 11.6. The molecule has 2 nitrogen and oxygen atoms in total. The van der Waals surface area contributed by atoms with Gasteiger partial charge in [0.15, 0.2) is 0 Å². The van der Waals surface area contributed by atoms with Crippen molar-refractivity contribution in [3.05, 3.63) is 19.2 Å². The zero-order chi connectivity index (χ0) is 13.8. The Balaban J connectivity index is 2.65. The van der Waals surface area contributed by atoms with E-state index in [4.69, 9.17) is 0 Å². The molecule has 0 spiro atoms. The largest absolute Gasteiger partial charge is 0.351 e. The third kappa shape index (κ3) is 4.05. The number of alkyl halides is 1. The van der Waals surface area contributed by atoms with Gasteiger partial charge in [0.2, 0.25) is 0 Å². The number of carbonyl (C=O) groups excluding carboxylic acids is 1. The molecule has 1 rings (SSSR count). The van der Waals surface area contributed by atoms with Crippen molar-refractivity contribution in [3.8, 4) is 0 Å². The molecule has 102 valence electrons. The Hall–Kier alpha value is 0.610. The van der Waals surface area contributed by atoms with Gasteiger partial charge in [0, 0.05) is 16.3 Å². The lowest BCUT2D eigenvalue weighted by atomic mass is 9.84. The Bertz CT molecular complexity index is 388. The van der Waals surface area contributed by atoms with Crippen molar-refractivity contribution in [1.82, 2.24) is 5.32 Å². The van der Waals surface area contributed by atoms with Crippen LogP contribution in [0.25, 0.3) is 0 Å². The van der Waals surface area contributed by atoms with E-state index in [-0.39, 0.29) is 11.3 Å². The van der Waals surface area contributed by atoms with Crippen LogP contribution >= 0.6 is 59.1 Å². The highest BCUT2D eigenvalue weighted by Gasteiger charge is 2.25. The minimum absolute atomic E-state index is 0.00127. The molecule has 0 aromatic carbocycles. The fourth-order valence-electron chi connectivity index (χ4n) is 1.55. The van der Waals surface area contributed by atoms with Gasteiger partial charge in [-0.05, 0) is 56.2 Å². The molecule has 1 heterocycles. The number of rotatable bonds is 6. The number of hydrogen-bond acceptors (Lipinski definition) is 2. The first kappa shape index (κ1) is 16.7. The van der Waals surface area contributed by atoms with Crippen molar-refractivity contribution in [2.24, 2.45) is 5.41 Å². The van der Waals surface area contributed by atoms with Gasteiger partial charge in [-0.25, -0.2) is 0 Å². The molecule has 0 unspecified atom stereocenters. The molecule has 1 N–H and O–H groups in total. The molecular formula is C12H16Br3NOS. The molecule has 0 saturated carbocycles. The summed E-state index contributed by atoms with van der Waals surface area (Å²) in [7, 11) is 0. The van der Waals surface area contributed by atoms with Crippen LogP contribution in [0.15, 0.2) is 14.3 Å². The maximum Gasteiger partial charge on any atom is 0.261 e. The molecule has 0 atom stereocenters. The summed E-state index contributed by atoms with van der Waals surface area (Å²) in [6.07, 6.45) is 2.10. The second-order valence-electron chi connectivity index (χ2n) is 4.26. The smallest absolute Gasteiger partial charge is 0.261 e. The van der Waals surface area contributed by atoms with Gasteiger partial charge in [0.1, 0.15) is 0 Å². The van der Waals surface area contributed by atoms with Gasteiger partial charge in [-0.15, -0.1) is 11.3 Å². The lowest BCUT2D eigenvalue weighted by Crippen LogP contribution is -2.37. The topological polar surface area (TPSA) is 29.1 Å². The summed E-state index contributed by atoms with van der Waals surface area (Å²) in [6, 6.07) is 1.85. The zero-order valence-electron chi connectivity index (χ0n) is 10.4. The van der Waals surface area contributed by atoms with Crippen molar-refractivity contribution in [1.29, 1.82) is 0 Å². The third-order valence-corrected chi connectivity index (χ3v) is 7.72. The fourth-order valence-corrected chi connectivity index (χ4v) is 4.49. The lowest BCUT2D eigenvalue weighted by Gasteiger charge is -2.29. The Kier molecular flexibility index (Phi) is 6.86. The Labute approximate surface area is 137 Å². The lowest BCUT2D eigenvalue weighted by molar-refractivity contribution is 0.0936. The van der Waals surface area contributed by atoms with Crippen LogP contribution in [-0.4, -0.2) is 17.8 Å². The minimum atomic E-state index is -0.00127. The quantitative estimate of drug-likeness (QED) is 0.579. The van der Waals surface area contributed by atoms with Gasteiger partial charge < -0.3 is 5.32 Å². The SMILES string of the molecule is CCC(CC)(CBr)CNC(=O)c1cc(Br)c(Br)s1. The second-order valence-corrected chi connectivity index (χ2v) is 8.04. The van der Waals surface area contributed by atoms with E-state index in [1.54, 1.807) is 0 Å². The molecule has 18 heavy (non-hydrogen) atoms. The first-order valence-corrected chi connectivity index (χ1v) is 9.29. The van der Waals surface area contributed by atoms with Crippen LogP contribution in [0.2, 0.25) is 0 Å². The molecule has 0 bridgehead atoms. The first-order valence-electron chi connectivity index (χ1n) is 5.77. The van der Waals surface area contributed by atoms with Crippen molar-refractivity contribution < 1.29 is 4.79 Å². The average molecular weight is 462 g/mol. The summed E-state index contributed by atoms with van der Waals surface area (Å²) in [6.45, 7) is 5.03. The molecule has 1 amide bonds. The standard InChI is InChI=1S/C12H16Br3NOS/c1-3-12(4-2,6-13)7-16-11(17)9-5-8(14)10(15)18-9/h5H,3-4,6-7H2,1-2H3,(H,16,17). The maximum absolute atomic E-state index is 12.0. The summed E-state index contributed by atoms with van der Waals surface area (Å²) in [5.74, 6) is -0.00127. The number of nitrogens with one attached hydrogen (secondary N) is 1. The Morgan fingerprint density at radius 3 is 2.39 bits per heavy atom. The third-order valence-electron chi connectivity index (χ3n) is 3.28. The van der Waals surface area contributed by atoms with E-state index in [1.807, 2.05) is 6.07 Å². The summed E-state index contributed by atoms with van der Waals surface area (Å²) in [5.41, 5.74) is 0.154. The van der Waals surface area contributed by atoms with Crippen molar-refractivity contribution in [2.45, 2.75) is 26.7 Å². The monoisotopic (exact) mass is 459 g/mol. The second kappa shape index (κ2) is 7.41. The predicted molar refractivity (Wildman–Crippen MR) is 88.9 cm³/mol. The molecule has 0 aliphatic heterocycles. The van der Waals surface area contributed by atoms with Crippen LogP contribution in [0.1, 0.15) is 36.4 Å². The highest BCUT2D eigenvalue weighted by Crippen LogP contribution is 2.33. The molecule has 0 aliphatic rings. The van der Waals surface area contributed by atoms with Gasteiger partial charge in [0.25, 0.3) is 5.91 Å². The van der Waals surface area contributed by atoms with E-state index in [9.17, 15) is 4.79 Å². The van der Waals surface area contributed by atoms with E-state index in [2.05, 4.69) is 67.0 Å². The van der Waals surface area contributed by atoms with E-state index in [0.29, 0.717) is 6.54 Å². The summed E-state index contributed by atoms with van der Waals surface area (Å²) in [5, 5.41) is 3.94. The van der Waals surface area contributed by atoms with Gasteiger partial charge in [-0.2, -0.15) is 0 Å². The van der Waals surface area contributed by atoms with E-state index >= 15 is 0 Å². The number of carbonyl (C=O) groups is 1. The van der Waals surface area contributed by atoms with Gasteiger partial charge in [-0.3, -0.25) is 4.79 Å². The Morgan fingerprint density at radius 1 is 1.39 bits per heavy atom. The molecule has 0 radical (unpaired) electrons. The summed E-state index contributed by atoms with van der Waals surface area (Å²) < 4.78 is 1.88. The van der Waals surface area contributed by atoms with Crippen LogP contribution in [0.3, 0.4) is 0 Å². The minimum Gasteiger partial charge on any atom is -0.351 e. The predicted octanol–water partition coefficient (Wildman–Crippen LogP) is 5.20. The first-order chi connectivity index (χ1) is 8.48. The van der Waals surface area contributed by atoms with E-state index in [1.165, 1.54) is 11.3 Å². The maximum atomic E-state index is 12.0. The number of hydrogen-bond donors (Lipinski definition) is 1. The van der Waals surface area contributed by atoms with E-state index in [0.717, 1.165) is 31.3 Å². The van der Waals surface area contributed by atoms with Gasteiger partial charge in [-0.1, -0.05) is 29.8 Å². The van der Waals surface area contributed by atoms with Gasteiger partial charge >= 0.3 is 0 Å². The average Bonchev–Trinajstić information content (AvgIpc) is 2.72. The molecule has 1 aromatic rings. The number of amides is 1. The van der Waals surface area contributed by atoms with Crippen LogP contribution in [0.4, 0.5) is 0 Å². The number of halogens is 3. The summed E-state index contributed by atoms with van der Waals surface area (Å²) >= 11 is 11.8. The van der Waals surface area contributed by atoms with Crippen LogP contribution in [0, 0.1) is 5.41 Å². The van der Waals surface area contributed by atoms with Gasteiger partial charge in [0.05, 0.1) is 8.66 Å². The highest BCUT2D eigenvalue weighted by atomic mass is 79.9. The van der Waals surface area contributed by atoms with Crippen LogP contribution in [-0.2, 0) is 0 Å². The van der Waals surface area contributed by atoms with Crippen molar-refractivity contribution >= 4 is 65.0 Å². The molecular weight excluding hydrogens is 446 g/mol.